The van der Waals surface area contributed by atoms with E-state index in [1.807, 2.05) is 12.1 Å². The number of hydrogen-bond donors (Lipinski definition) is 2. The Morgan fingerprint density at radius 3 is 2.33 bits per heavy atom. The summed E-state index contributed by atoms with van der Waals surface area (Å²) in [5, 5.41) is -0.0927. The van der Waals surface area contributed by atoms with Crippen molar-refractivity contribution in [1.29, 1.82) is 0 Å². The quantitative estimate of drug-likeness (QED) is 0.662. The van der Waals surface area contributed by atoms with Crippen LogP contribution >= 0.6 is 11.6 Å². The lowest BCUT2D eigenvalue weighted by Crippen LogP contribution is -2.28. The Balaban J connectivity index is 2.47. The predicted octanol–water partition coefficient (Wildman–Crippen LogP) is 2.54. The Morgan fingerprint density at radius 1 is 1.11 bits per heavy atom. The molecule has 0 radical (unpaired) electrons. The molecule has 4 nitrogen and oxygen atoms in total. The monoisotopic (exact) mass is 266 g/mol. The zero-order valence-electron chi connectivity index (χ0n) is 10.3. The van der Waals surface area contributed by atoms with E-state index in [1.165, 1.54) is 0 Å². The molecule has 1 aromatic carbocycles. The topological polar surface area (TPSA) is 65.7 Å². The lowest BCUT2D eigenvalue weighted by Gasteiger charge is -2.12. The molecule has 0 aliphatic rings. The molecule has 0 fully saturated rings. The zero-order valence-corrected chi connectivity index (χ0v) is 11.0. The SMILES string of the molecule is CC(C)CC(Cl)c1ccc2[nH]c(=O)c(=O)[nH]c2c1. The van der Waals surface area contributed by atoms with Gasteiger partial charge in [0, 0.05) is 0 Å². The molecule has 1 heterocycles. The minimum Gasteiger partial charge on any atom is -0.316 e. The summed E-state index contributed by atoms with van der Waals surface area (Å²) in [6, 6.07) is 5.45. The smallest absolute Gasteiger partial charge is 0.314 e. The predicted molar refractivity (Wildman–Crippen MR) is 73.2 cm³/mol. The minimum atomic E-state index is -0.644. The Labute approximate surface area is 109 Å². The van der Waals surface area contributed by atoms with Gasteiger partial charge in [0.2, 0.25) is 0 Å². The molecule has 2 aromatic rings. The van der Waals surface area contributed by atoms with Gasteiger partial charge in [-0.05, 0) is 30.0 Å². The third-order valence-electron chi connectivity index (χ3n) is 2.79. The number of alkyl halides is 1. The molecule has 0 bridgehead atoms. The summed E-state index contributed by atoms with van der Waals surface area (Å²) >= 11 is 6.31. The zero-order chi connectivity index (χ0) is 13.3. The first-order chi connectivity index (χ1) is 8.47. The number of aromatic nitrogens is 2. The van der Waals surface area contributed by atoms with E-state index in [0.717, 1.165) is 12.0 Å². The first-order valence-corrected chi connectivity index (χ1v) is 6.31. The van der Waals surface area contributed by atoms with Crippen molar-refractivity contribution in [3.63, 3.8) is 0 Å². The summed E-state index contributed by atoms with van der Waals surface area (Å²) in [6.45, 7) is 4.21. The van der Waals surface area contributed by atoms with E-state index >= 15 is 0 Å². The van der Waals surface area contributed by atoms with Gasteiger partial charge < -0.3 is 9.97 Å². The molecule has 5 heteroatoms. The summed E-state index contributed by atoms with van der Waals surface area (Å²) in [5.74, 6) is 0.498. The molecule has 18 heavy (non-hydrogen) atoms. The first kappa shape index (κ1) is 12.9. The van der Waals surface area contributed by atoms with Crippen LogP contribution in [0.15, 0.2) is 27.8 Å². The third kappa shape index (κ3) is 2.64. The lowest BCUT2D eigenvalue weighted by molar-refractivity contribution is 0.575. The maximum Gasteiger partial charge on any atom is 0.314 e. The molecule has 0 aliphatic heterocycles. The van der Waals surface area contributed by atoms with Gasteiger partial charge in [-0.25, -0.2) is 0 Å². The number of H-pyrrole nitrogens is 2. The summed E-state index contributed by atoms with van der Waals surface area (Å²) in [5.41, 5.74) is 0.873. The van der Waals surface area contributed by atoms with Gasteiger partial charge in [-0.1, -0.05) is 19.9 Å². The van der Waals surface area contributed by atoms with E-state index < -0.39 is 11.1 Å². The summed E-state index contributed by atoms with van der Waals surface area (Å²) in [7, 11) is 0. The van der Waals surface area contributed by atoms with Gasteiger partial charge >= 0.3 is 11.1 Å². The highest BCUT2D eigenvalue weighted by atomic mass is 35.5. The van der Waals surface area contributed by atoms with Crippen molar-refractivity contribution in [1.82, 2.24) is 9.97 Å². The number of benzene rings is 1. The van der Waals surface area contributed by atoms with Crippen molar-refractivity contribution in [2.24, 2.45) is 5.92 Å². The van der Waals surface area contributed by atoms with Gasteiger partial charge in [0.25, 0.3) is 0 Å². The van der Waals surface area contributed by atoms with Crippen LogP contribution in [0.25, 0.3) is 11.0 Å². The van der Waals surface area contributed by atoms with E-state index in [0.29, 0.717) is 17.0 Å². The van der Waals surface area contributed by atoms with Crippen LogP contribution in [-0.4, -0.2) is 9.97 Å². The van der Waals surface area contributed by atoms with Crippen molar-refractivity contribution >= 4 is 22.6 Å². The highest BCUT2D eigenvalue weighted by Gasteiger charge is 2.11. The van der Waals surface area contributed by atoms with Crippen LogP contribution in [0.2, 0.25) is 0 Å². The minimum absolute atomic E-state index is 0.0927. The van der Waals surface area contributed by atoms with Gasteiger partial charge in [-0.2, -0.15) is 0 Å². The molecular formula is C13H15ClN2O2. The molecule has 1 atom stereocenters. The van der Waals surface area contributed by atoms with E-state index in [9.17, 15) is 9.59 Å². The average Bonchev–Trinajstić information content (AvgIpc) is 2.29. The number of nitrogens with one attached hydrogen (secondary N) is 2. The molecule has 0 aliphatic carbocycles. The molecule has 2 rings (SSSR count). The number of rotatable bonds is 3. The Bertz CT molecular complexity index is 672. The third-order valence-corrected chi connectivity index (χ3v) is 3.22. The number of halogens is 1. The number of fused-ring (bicyclic) bond motifs is 1. The highest BCUT2D eigenvalue weighted by molar-refractivity contribution is 6.20. The molecular weight excluding hydrogens is 252 g/mol. The normalized spacial score (nSPS) is 13.1. The molecule has 1 unspecified atom stereocenters. The van der Waals surface area contributed by atoms with Crippen LogP contribution in [0.3, 0.4) is 0 Å². The summed E-state index contributed by atoms with van der Waals surface area (Å²) < 4.78 is 0. The fraction of sp³-hybridized carbons (Fsp3) is 0.385. The fourth-order valence-corrected chi connectivity index (χ4v) is 2.37. The van der Waals surface area contributed by atoms with Crippen molar-refractivity contribution in [3.05, 3.63) is 44.5 Å². The van der Waals surface area contributed by atoms with Crippen molar-refractivity contribution in [2.45, 2.75) is 25.6 Å². The fourth-order valence-electron chi connectivity index (χ4n) is 1.88. The van der Waals surface area contributed by atoms with Gasteiger partial charge in [-0.15, -0.1) is 11.6 Å². The Morgan fingerprint density at radius 2 is 1.72 bits per heavy atom. The lowest BCUT2D eigenvalue weighted by atomic mass is 10.0. The second-order valence-corrected chi connectivity index (χ2v) is 5.34. The molecule has 0 amide bonds. The van der Waals surface area contributed by atoms with Crippen LogP contribution < -0.4 is 11.1 Å². The molecule has 0 saturated carbocycles. The van der Waals surface area contributed by atoms with Crippen molar-refractivity contribution in [2.75, 3.05) is 0 Å². The van der Waals surface area contributed by atoms with E-state index in [1.54, 1.807) is 6.07 Å². The van der Waals surface area contributed by atoms with Crippen LogP contribution in [0.4, 0.5) is 0 Å². The van der Waals surface area contributed by atoms with Gasteiger partial charge in [0.15, 0.2) is 0 Å². The van der Waals surface area contributed by atoms with E-state index in [-0.39, 0.29) is 5.38 Å². The van der Waals surface area contributed by atoms with Crippen molar-refractivity contribution < 1.29 is 0 Å². The average molecular weight is 267 g/mol. The second kappa shape index (κ2) is 4.98. The molecule has 96 valence electrons. The molecule has 1 aromatic heterocycles. The first-order valence-electron chi connectivity index (χ1n) is 5.87. The van der Waals surface area contributed by atoms with Gasteiger partial charge in [-0.3, -0.25) is 9.59 Å². The Kier molecular flexibility index (Phi) is 3.57. The van der Waals surface area contributed by atoms with Gasteiger partial charge in [0.05, 0.1) is 16.4 Å². The molecule has 0 saturated heterocycles. The van der Waals surface area contributed by atoms with Crippen LogP contribution in [0, 0.1) is 5.92 Å². The van der Waals surface area contributed by atoms with E-state index in [2.05, 4.69) is 23.8 Å². The maximum atomic E-state index is 11.3. The molecule has 0 spiro atoms. The number of hydrogen-bond acceptors (Lipinski definition) is 2. The summed E-state index contributed by atoms with van der Waals surface area (Å²) in [4.78, 5) is 27.5. The maximum absolute atomic E-state index is 11.3. The largest absolute Gasteiger partial charge is 0.316 e. The van der Waals surface area contributed by atoms with Gasteiger partial charge in [0.1, 0.15) is 0 Å². The van der Waals surface area contributed by atoms with Crippen LogP contribution in [-0.2, 0) is 0 Å². The van der Waals surface area contributed by atoms with Crippen LogP contribution in [0.1, 0.15) is 31.2 Å². The van der Waals surface area contributed by atoms with Crippen LogP contribution in [0.5, 0.6) is 0 Å². The van der Waals surface area contributed by atoms with E-state index in [4.69, 9.17) is 11.6 Å². The summed E-state index contributed by atoms with van der Waals surface area (Å²) in [6.07, 6.45) is 0.862. The standard InChI is InChI=1S/C13H15ClN2O2/c1-7(2)5-9(14)8-3-4-10-11(6-8)16-13(18)12(17)15-10/h3-4,6-7,9H,5H2,1-2H3,(H,15,17)(H,16,18). The van der Waals surface area contributed by atoms with Crippen molar-refractivity contribution in [3.8, 4) is 0 Å². The highest BCUT2D eigenvalue weighted by Crippen LogP contribution is 2.28. The molecule has 2 N–H and O–H groups in total. The Hall–Kier alpha value is -1.55. The second-order valence-electron chi connectivity index (χ2n) is 4.81. The number of aromatic amines is 2.